The first-order valence-electron chi connectivity index (χ1n) is 11.5. The lowest BCUT2D eigenvalue weighted by atomic mass is 10.1. The molecule has 4 rings (SSSR count). The molecular formula is C26H25F2N5O3S. The number of hydrazine groups is 1. The largest absolute Gasteiger partial charge is 0.324 e. The molecule has 37 heavy (non-hydrogen) atoms. The molecule has 0 atom stereocenters. The van der Waals surface area contributed by atoms with E-state index in [4.69, 9.17) is 0 Å². The number of aromatic nitrogens is 1. The lowest BCUT2D eigenvalue weighted by Crippen LogP contribution is -2.46. The van der Waals surface area contributed by atoms with Crippen molar-refractivity contribution in [3.63, 3.8) is 0 Å². The molecule has 0 spiro atoms. The number of carbonyl (C=O) groups excluding carboxylic acids is 3. The monoisotopic (exact) mass is 525 g/mol. The minimum absolute atomic E-state index is 0.106. The minimum atomic E-state index is -3.23. The third-order valence-electron chi connectivity index (χ3n) is 5.74. The van der Waals surface area contributed by atoms with Gasteiger partial charge in [-0.1, -0.05) is 30.3 Å². The van der Waals surface area contributed by atoms with Crippen LogP contribution in [0.5, 0.6) is 0 Å². The number of halogens is 2. The van der Waals surface area contributed by atoms with Gasteiger partial charge in [0.2, 0.25) is 0 Å². The van der Waals surface area contributed by atoms with Gasteiger partial charge in [-0.25, -0.2) is 4.79 Å². The van der Waals surface area contributed by atoms with Crippen molar-refractivity contribution in [1.29, 1.82) is 0 Å². The number of rotatable bonds is 6. The highest BCUT2D eigenvalue weighted by Crippen LogP contribution is 2.25. The summed E-state index contributed by atoms with van der Waals surface area (Å²) in [7, 11) is 0. The molecular weight excluding hydrogens is 500 g/mol. The maximum Gasteiger partial charge on any atom is 0.324 e. The Kier molecular flexibility index (Phi) is 8.68. The van der Waals surface area contributed by atoms with Gasteiger partial charge in [0.25, 0.3) is 5.91 Å². The van der Waals surface area contributed by atoms with Crippen molar-refractivity contribution in [2.24, 2.45) is 0 Å². The van der Waals surface area contributed by atoms with Crippen LogP contribution < -0.4 is 15.8 Å². The van der Waals surface area contributed by atoms with Crippen molar-refractivity contribution >= 4 is 35.3 Å². The van der Waals surface area contributed by atoms with Crippen molar-refractivity contribution in [1.82, 2.24) is 20.7 Å². The van der Waals surface area contributed by atoms with Crippen LogP contribution in [-0.2, 0) is 11.3 Å². The fraction of sp³-hybridized carbons (Fsp3) is 0.231. The smallest absolute Gasteiger partial charge is 0.323 e. The molecule has 0 saturated carbocycles. The highest BCUT2D eigenvalue weighted by Gasteiger charge is 2.24. The van der Waals surface area contributed by atoms with Gasteiger partial charge in [-0.05, 0) is 47.0 Å². The summed E-state index contributed by atoms with van der Waals surface area (Å²) < 4.78 is 24.6. The minimum Gasteiger partial charge on any atom is -0.323 e. The standard InChI is InChI=1S/C26H25F2N5O3S/c27-23(28)25(35)31-30-24(34)20-5-3-18(4-6-20)17-33(26(36)32-12-14-37-15-13-32)22-9-7-19(8-10-22)21-2-1-11-29-16-21/h1-11,16,23H,12-15,17H2,(H,30,34)(H,31,35). The lowest BCUT2D eigenvalue weighted by molar-refractivity contribution is -0.132. The first-order chi connectivity index (χ1) is 17.9. The van der Waals surface area contributed by atoms with Crippen LogP contribution in [0, 0.1) is 0 Å². The van der Waals surface area contributed by atoms with Crippen LogP contribution in [0.25, 0.3) is 11.1 Å². The van der Waals surface area contributed by atoms with Gasteiger partial charge in [-0.2, -0.15) is 20.5 Å². The SMILES string of the molecule is O=C(NNC(=O)C(F)F)c1ccc(CN(C(=O)N2CCSCC2)c2ccc(-c3cccnc3)cc2)cc1. The van der Waals surface area contributed by atoms with Gasteiger partial charge in [0.05, 0.1) is 6.54 Å². The molecule has 1 aliphatic heterocycles. The second kappa shape index (κ2) is 12.3. The zero-order valence-corrected chi connectivity index (χ0v) is 20.6. The van der Waals surface area contributed by atoms with E-state index in [0.29, 0.717) is 13.1 Å². The molecule has 0 unspecified atom stereocenters. The quantitative estimate of drug-likeness (QED) is 0.476. The average Bonchev–Trinajstić information content (AvgIpc) is 2.95. The van der Waals surface area contributed by atoms with Crippen molar-refractivity contribution in [2.45, 2.75) is 13.0 Å². The predicted molar refractivity (Wildman–Crippen MR) is 138 cm³/mol. The number of nitrogens with zero attached hydrogens (tertiary/aromatic N) is 3. The molecule has 1 aliphatic rings. The number of carbonyl (C=O) groups is 3. The number of alkyl halides is 2. The van der Waals surface area contributed by atoms with Crippen LogP contribution in [0.3, 0.4) is 0 Å². The summed E-state index contributed by atoms with van der Waals surface area (Å²) in [6, 6.07) is 17.8. The van der Waals surface area contributed by atoms with Crippen molar-refractivity contribution in [2.75, 3.05) is 29.5 Å². The second-order valence-electron chi connectivity index (χ2n) is 8.20. The number of nitrogens with one attached hydrogen (secondary N) is 2. The Bertz CT molecular complexity index is 1220. The molecule has 2 aromatic carbocycles. The molecule has 4 amide bonds. The van der Waals surface area contributed by atoms with E-state index < -0.39 is 18.2 Å². The molecule has 0 bridgehead atoms. The zero-order chi connectivity index (χ0) is 26.2. The number of pyridine rings is 1. The van der Waals surface area contributed by atoms with E-state index in [1.165, 1.54) is 12.1 Å². The summed E-state index contributed by atoms with van der Waals surface area (Å²) in [5, 5.41) is 0. The zero-order valence-electron chi connectivity index (χ0n) is 19.8. The summed E-state index contributed by atoms with van der Waals surface area (Å²) in [5.41, 5.74) is 7.23. The van der Waals surface area contributed by atoms with Crippen LogP contribution in [0.2, 0.25) is 0 Å². The summed E-state index contributed by atoms with van der Waals surface area (Å²) in [5.74, 6) is -0.563. The van der Waals surface area contributed by atoms with Crippen LogP contribution in [0.15, 0.2) is 73.1 Å². The Hall–Kier alpha value is -3.99. The molecule has 0 radical (unpaired) electrons. The summed E-state index contributed by atoms with van der Waals surface area (Å²) in [4.78, 5) is 44.3. The molecule has 1 fully saturated rings. The van der Waals surface area contributed by atoms with Crippen LogP contribution in [0.1, 0.15) is 15.9 Å². The average molecular weight is 526 g/mol. The van der Waals surface area contributed by atoms with E-state index in [-0.39, 0.29) is 18.1 Å². The van der Waals surface area contributed by atoms with E-state index in [1.807, 2.05) is 58.5 Å². The lowest BCUT2D eigenvalue weighted by Gasteiger charge is -2.33. The van der Waals surface area contributed by atoms with E-state index in [9.17, 15) is 23.2 Å². The van der Waals surface area contributed by atoms with Crippen molar-refractivity contribution in [3.05, 3.63) is 84.2 Å². The highest BCUT2D eigenvalue weighted by atomic mass is 32.2. The topological polar surface area (TPSA) is 94.6 Å². The van der Waals surface area contributed by atoms with Gasteiger partial charge in [0.1, 0.15) is 0 Å². The Morgan fingerprint density at radius 2 is 1.65 bits per heavy atom. The number of amides is 4. The highest BCUT2D eigenvalue weighted by molar-refractivity contribution is 7.99. The molecule has 0 aliphatic carbocycles. The third-order valence-corrected chi connectivity index (χ3v) is 6.68. The van der Waals surface area contributed by atoms with Crippen LogP contribution in [-0.4, -0.2) is 58.8 Å². The molecule has 192 valence electrons. The first-order valence-corrected chi connectivity index (χ1v) is 12.7. The molecule has 1 aromatic heterocycles. The number of urea groups is 1. The van der Waals surface area contributed by atoms with E-state index >= 15 is 0 Å². The third kappa shape index (κ3) is 6.82. The number of benzene rings is 2. The predicted octanol–water partition coefficient (Wildman–Crippen LogP) is 3.95. The first kappa shape index (κ1) is 26.1. The van der Waals surface area contributed by atoms with Gasteiger partial charge in [-0.15, -0.1) is 0 Å². The second-order valence-corrected chi connectivity index (χ2v) is 9.42. The molecule has 2 N–H and O–H groups in total. The molecule has 2 heterocycles. The number of thioether (sulfide) groups is 1. The van der Waals surface area contributed by atoms with Gasteiger partial charge >= 0.3 is 18.4 Å². The van der Waals surface area contributed by atoms with E-state index in [2.05, 4.69) is 4.98 Å². The number of hydrogen-bond acceptors (Lipinski definition) is 5. The number of anilines is 1. The van der Waals surface area contributed by atoms with Gasteiger partial charge < -0.3 is 4.90 Å². The van der Waals surface area contributed by atoms with Crippen LogP contribution >= 0.6 is 11.8 Å². The Morgan fingerprint density at radius 1 is 0.946 bits per heavy atom. The van der Waals surface area contributed by atoms with Crippen LogP contribution in [0.4, 0.5) is 19.3 Å². The van der Waals surface area contributed by atoms with E-state index in [1.54, 1.807) is 34.9 Å². The van der Waals surface area contributed by atoms with Gasteiger partial charge in [0, 0.05) is 48.2 Å². The van der Waals surface area contributed by atoms with Crippen molar-refractivity contribution < 1.29 is 23.2 Å². The molecule has 11 heteroatoms. The summed E-state index contributed by atoms with van der Waals surface area (Å²) in [6.07, 6.45) is 0.256. The summed E-state index contributed by atoms with van der Waals surface area (Å²) in [6.45, 7) is 1.59. The maximum absolute atomic E-state index is 13.5. The molecule has 3 aromatic rings. The molecule has 8 nitrogen and oxygen atoms in total. The maximum atomic E-state index is 13.5. The van der Waals surface area contributed by atoms with Gasteiger partial charge in [0.15, 0.2) is 0 Å². The number of hydrogen-bond donors (Lipinski definition) is 2. The summed E-state index contributed by atoms with van der Waals surface area (Å²) >= 11 is 1.81. The Morgan fingerprint density at radius 3 is 2.27 bits per heavy atom. The van der Waals surface area contributed by atoms with Gasteiger partial charge in [-0.3, -0.25) is 30.3 Å². The fourth-order valence-corrected chi connectivity index (χ4v) is 4.65. The van der Waals surface area contributed by atoms with E-state index in [0.717, 1.165) is 33.9 Å². The van der Waals surface area contributed by atoms with Crippen molar-refractivity contribution in [3.8, 4) is 11.1 Å². The normalized spacial score (nSPS) is 13.2. The molecule has 1 saturated heterocycles. The fourth-order valence-electron chi connectivity index (χ4n) is 3.75. The Labute approximate surface area is 217 Å². The Balaban J connectivity index is 1.51.